The van der Waals surface area contributed by atoms with Gasteiger partial charge in [-0.05, 0) is 97.6 Å². The van der Waals surface area contributed by atoms with Gasteiger partial charge in [-0.25, -0.2) is 19.6 Å². The Morgan fingerprint density at radius 1 is 1.00 bits per heavy atom. The third-order valence-electron chi connectivity index (χ3n) is 9.20. The van der Waals surface area contributed by atoms with E-state index in [1.807, 2.05) is 72.1 Å². The number of carbonyl (C=O) groups excluding carboxylic acids is 2. The van der Waals surface area contributed by atoms with Crippen molar-refractivity contribution in [2.24, 2.45) is 5.92 Å². The molecule has 1 saturated heterocycles. The third kappa shape index (κ3) is 7.46. The largest absolute Gasteiger partial charge is 0.444 e. The van der Waals surface area contributed by atoms with Crippen molar-refractivity contribution < 1.29 is 24.2 Å². The molecule has 0 bridgehead atoms. The molecule has 13 heteroatoms. The predicted octanol–water partition coefficient (Wildman–Crippen LogP) is 6.10. The summed E-state index contributed by atoms with van der Waals surface area (Å²) >= 11 is 0. The van der Waals surface area contributed by atoms with E-state index in [0.717, 1.165) is 29.7 Å². The van der Waals surface area contributed by atoms with E-state index in [1.54, 1.807) is 14.3 Å². The van der Waals surface area contributed by atoms with Crippen LogP contribution in [0.4, 0.5) is 21.2 Å². The zero-order valence-corrected chi connectivity index (χ0v) is 29.3. The standard InChI is InChI=1S/C36H48N8O5/c1-35(2,3)48-33(46)41-15-14-24(28(45)21-41)17-37-29-16-31(44-32(40-29)26(18-38-44)22-10-11-22)43(34(47)49-36(4,5)6)20-25-19-42-27(23-12-13-23)8-7-9-30(42)39-25/h7-9,16,18-19,22-24,28,45H,10-15,17,20-21H2,1-6H3,(H,37,40)/t24-,28+/m1/s1. The van der Waals surface area contributed by atoms with Crippen LogP contribution in [0, 0.1) is 5.92 Å². The van der Waals surface area contributed by atoms with E-state index in [9.17, 15) is 14.7 Å². The van der Waals surface area contributed by atoms with Gasteiger partial charge in [0.1, 0.15) is 28.5 Å². The van der Waals surface area contributed by atoms with Crippen LogP contribution < -0.4 is 10.2 Å². The smallest absolute Gasteiger partial charge is 0.416 e. The van der Waals surface area contributed by atoms with Crippen molar-refractivity contribution in [1.29, 1.82) is 0 Å². The summed E-state index contributed by atoms with van der Waals surface area (Å²) in [6, 6.07) is 7.99. The van der Waals surface area contributed by atoms with Gasteiger partial charge < -0.3 is 29.2 Å². The average molecular weight is 673 g/mol. The molecule has 0 spiro atoms. The van der Waals surface area contributed by atoms with E-state index < -0.39 is 29.5 Å². The number of hydrogen-bond donors (Lipinski definition) is 2. The molecular formula is C36H48N8O5. The lowest BCUT2D eigenvalue weighted by molar-refractivity contribution is -0.0104. The molecule has 49 heavy (non-hydrogen) atoms. The number of hydrogen-bond acceptors (Lipinski definition) is 9. The normalized spacial score (nSPS) is 20.1. The SMILES string of the molecule is CC(C)(C)OC(=O)N1CC[C@H](CNc2cc(N(Cc3cn4c(C5CC5)cccc4n3)C(=O)OC(C)(C)C)n3ncc(C4CC4)c3n2)[C@@H](O)C1. The highest BCUT2D eigenvalue weighted by Gasteiger charge is 2.34. The van der Waals surface area contributed by atoms with Crippen molar-refractivity contribution in [3.63, 3.8) is 0 Å². The number of pyridine rings is 1. The zero-order valence-electron chi connectivity index (χ0n) is 29.3. The molecule has 7 rings (SSSR count). The minimum atomic E-state index is -0.734. The van der Waals surface area contributed by atoms with Crippen molar-refractivity contribution >= 4 is 35.1 Å². The van der Waals surface area contributed by atoms with Crippen LogP contribution in [-0.2, 0) is 16.0 Å². The monoisotopic (exact) mass is 672 g/mol. The summed E-state index contributed by atoms with van der Waals surface area (Å²) in [5.74, 6) is 1.86. The van der Waals surface area contributed by atoms with E-state index in [-0.39, 0.29) is 19.0 Å². The Balaban J connectivity index is 1.18. The number of anilines is 2. The topological polar surface area (TPSA) is 139 Å². The van der Waals surface area contributed by atoms with Crippen LogP contribution in [0.15, 0.2) is 36.7 Å². The molecule has 2 atom stereocenters. The number of fused-ring (bicyclic) bond motifs is 2. The fourth-order valence-corrected chi connectivity index (χ4v) is 6.46. The first kappa shape index (κ1) is 33.1. The molecule has 2 aliphatic carbocycles. The summed E-state index contributed by atoms with van der Waals surface area (Å²) < 4.78 is 15.3. The number of nitrogens with zero attached hydrogens (tertiary/aromatic N) is 7. The molecule has 4 aromatic heterocycles. The van der Waals surface area contributed by atoms with E-state index in [0.29, 0.717) is 48.6 Å². The van der Waals surface area contributed by atoms with Crippen molar-refractivity contribution in [2.45, 2.75) is 109 Å². The number of imidazole rings is 1. The maximum atomic E-state index is 14.0. The second kappa shape index (κ2) is 12.5. The molecule has 2 saturated carbocycles. The molecule has 13 nitrogen and oxygen atoms in total. The van der Waals surface area contributed by atoms with E-state index in [1.165, 1.54) is 18.5 Å². The minimum Gasteiger partial charge on any atom is -0.444 e. The van der Waals surface area contributed by atoms with E-state index >= 15 is 0 Å². The molecular weight excluding hydrogens is 624 g/mol. The quantitative estimate of drug-likeness (QED) is 0.227. The number of amides is 2. The van der Waals surface area contributed by atoms with Gasteiger partial charge in [-0.2, -0.15) is 9.61 Å². The summed E-state index contributed by atoms with van der Waals surface area (Å²) in [6.45, 7) is 12.3. The van der Waals surface area contributed by atoms with Gasteiger partial charge in [-0.1, -0.05) is 6.07 Å². The van der Waals surface area contributed by atoms with Gasteiger partial charge in [0.25, 0.3) is 0 Å². The van der Waals surface area contributed by atoms with Crippen molar-refractivity contribution in [3.8, 4) is 0 Å². The average Bonchev–Trinajstić information content (AvgIpc) is 3.95. The third-order valence-corrected chi connectivity index (χ3v) is 9.20. The molecule has 1 aliphatic heterocycles. The van der Waals surface area contributed by atoms with Gasteiger partial charge in [0.2, 0.25) is 0 Å². The zero-order chi connectivity index (χ0) is 34.7. The number of aliphatic hydroxyl groups excluding tert-OH is 1. The first-order valence-electron chi connectivity index (χ1n) is 17.5. The van der Waals surface area contributed by atoms with Gasteiger partial charge in [0, 0.05) is 42.5 Å². The first-order chi connectivity index (χ1) is 23.2. The molecule has 2 amide bonds. The van der Waals surface area contributed by atoms with Crippen LogP contribution in [0.25, 0.3) is 11.3 Å². The van der Waals surface area contributed by atoms with E-state index in [4.69, 9.17) is 24.5 Å². The lowest BCUT2D eigenvalue weighted by Crippen LogP contribution is -2.49. The summed E-state index contributed by atoms with van der Waals surface area (Å²) in [7, 11) is 0. The molecule has 5 heterocycles. The Morgan fingerprint density at radius 2 is 1.73 bits per heavy atom. The number of carbonyl (C=O) groups is 2. The summed E-state index contributed by atoms with van der Waals surface area (Å²) in [5.41, 5.74) is 3.20. The maximum Gasteiger partial charge on any atom is 0.416 e. The Kier molecular flexibility index (Phi) is 8.45. The van der Waals surface area contributed by atoms with Gasteiger partial charge in [0.15, 0.2) is 5.65 Å². The van der Waals surface area contributed by atoms with Crippen molar-refractivity contribution in [2.75, 3.05) is 29.9 Å². The summed E-state index contributed by atoms with van der Waals surface area (Å²) in [4.78, 5) is 39.7. The van der Waals surface area contributed by atoms with Crippen molar-refractivity contribution in [3.05, 3.63) is 53.6 Å². The second-order valence-corrected chi connectivity index (χ2v) is 15.8. The number of ether oxygens (including phenoxy) is 2. The van der Waals surface area contributed by atoms with Crippen LogP contribution in [0.2, 0.25) is 0 Å². The number of nitrogens with one attached hydrogen (secondary N) is 1. The number of likely N-dealkylation sites (tertiary alicyclic amines) is 1. The van der Waals surface area contributed by atoms with Crippen LogP contribution in [-0.4, -0.2) is 83.1 Å². The van der Waals surface area contributed by atoms with Gasteiger partial charge in [-0.3, -0.25) is 4.90 Å². The lowest BCUT2D eigenvalue weighted by atomic mass is 9.94. The summed E-state index contributed by atoms with van der Waals surface area (Å²) in [6.07, 6.45) is 7.28. The maximum absolute atomic E-state index is 14.0. The molecule has 0 aromatic carbocycles. The predicted molar refractivity (Wildman–Crippen MR) is 185 cm³/mol. The Bertz CT molecular complexity index is 1860. The summed E-state index contributed by atoms with van der Waals surface area (Å²) in [5, 5.41) is 19.2. The fraction of sp³-hybridized carbons (Fsp3) is 0.583. The molecule has 3 fully saturated rings. The molecule has 4 aromatic rings. The fourth-order valence-electron chi connectivity index (χ4n) is 6.46. The Morgan fingerprint density at radius 3 is 2.41 bits per heavy atom. The highest BCUT2D eigenvalue weighted by molar-refractivity contribution is 5.88. The number of aliphatic hydroxyl groups is 1. The van der Waals surface area contributed by atoms with Gasteiger partial charge in [-0.15, -0.1) is 0 Å². The van der Waals surface area contributed by atoms with Crippen LogP contribution in [0.5, 0.6) is 0 Å². The minimum absolute atomic E-state index is 0.117. The van der Waals surface area contributed by atoms with Crippen molar-refractivity contribution in [1.82, 2.24) is 28.9 Å². The number of piperidine rings is 1. The highest BCUT2D eigenvalue weighted by atomic mass is 16.6. The second-order valence-electron chi connectivity index (χ2n) is 15.8. The molecule has 2 N–H and O–H groups in total. The van der Waals surface area contributed by atoms with Crippen LogP contribution in [0.1, 0.15) is 102 Å². The Hall–Kier alpha value is -4.39. The number of β-amino-alcohol motifs (C(OH)–C–C–N with tert-alkyl or cyclic N) is 1. The van der Waals surface area contributed by atoms with E-state index in [2.05, 4.69) is 15.8 Å². The Labute approximate surface area is 286 Å². The van der Waals surface area contributed by atoms with Gasteiger partial charge >= 0.3 is 12.2 Å². The number of rotatable bonds is 8. The highest BCUT2D eigenvalue weighted by Crippen LogP contribution is 2.43. The number of aromatic nitrogens is 5. The molecule has 0 unspecified atom stereocenters. The molecule has 0 radical (unpaired) electrons. The van der Waals surface area contributed by atoms with Gasteiger partial charge in [0.05, 0.1) is 31.1 Å². The van der Waals surface area contributed by atoms with Crippen LogP contribution in [0.3, 0.4) is 0 Å². The van der Waals surface area contributed by atoms with Crippen LogP contribution >= 0.6 is 0 Å². The first-order valence-corrected chi connectivity index (χ1v) is 17.5. The lowest BCUT2D eigenvalue weighted by Gasteiger charge is -2.36. The molecule has 3 aliphatic rings. The molecule has 262 valence electrons.